The highest BCUT2D eigenvalue weighted by Gasteiger charge is 2.24. The van der Waals surface area contributed by atoms with Crippen molar-refractivity contribution in [1.82, 2.24) is 9.78 Å². The lowest BCUT2D eigenvalue weighted by Gasteiger charge is -2.19. The number of anilines is 1. The van der Waals surface area contributed by atoms with Gasteiger partial charge >= 0.3 is 0 Å². The fourth-order valence-electron chi connectivity index (χ4n) is 3.46. The van der Waals surface area contributed by atoms with Crippen LogP contribution in [0.5, 0.6) is 0 Å². The third-order valence-corrected chi connectivity index (χ3v) is 7.20. The molecule has 0 spiro atoms. The van der Waals surface area contributed by atoms with Gasteiger partial charge in [-0.1, -0.05) is 29.8 Å². The third kappa shape index (κ3) is 3.83. The van der Waals surface area contributed by atoms with Gasteiger partial charge in [-0.15, -0.1) is 0 Å². The number of aromatic nitrogens is 2. The summed E-state index contributed by atoms with van der Waals surface area (Å²) in [5.41, 5.74) is 7.52. The van der Waals surface area contributed by atoms with Crippen molar-refractivity contribution in [2.75, 3.05) is 4.72 Å². The van der Waals surface area contributed by atoms with Crippen molar-refractivity contribution < 1.29 is 8.42 Å². The predicted octanol–water partition coefficient (Wildman–Crippen LogP) is 4.58. The molecule has 0 atom stereocenters. The molecule has 2 aromatic carbocycles. The number of nitrogens with one attached hydrogen (secondary N) is 1. The monoisotopic (exact) mass is 397 g/mol. The highest BCUT2D eigenvalue weighted by atomic mass is 32.2. The van der Waals surface area contributed by atoms with E-state index in [2.05, 4.69) is 22.0 Å². The molecule has 1 aromatic heterocycles. The quantitative estimate of drug-likeness (QED) is 0.685. The Morgan fingerprint density at radius 1 is 0.857 bits per heavy atom. The standard InChI is InChI=1S/C22H27N3O2S/c1-14-7-9-20(10-8-14)12-25-13-21(11-23-25)24-28(26,27)22-18(5)16(3)15(2)17(4)19(22)6/h7-11,13,24H,12H2,1-6H3. The highest BCUT2D eigenvalue weighted by Crippen LogP contribution is 2.30. The smallest absolute Gasteiger partial charge is 0.262 e. The average Bonchev–Trinajstić information content (AvgIpc) is 3.06. The molecule has 0 radical (unpaired) electrons. The molecule has 0 aliphatic heterocycles. The van der Waals surface area contributed by atoms with E-state index in [0.29, 0.717) is 17.1 Å². The van der Waals surface area contributed by atoms with Gasteiger partial charge < -0.3 is 0 Å². The van der Waals surface area contributed by atoms with E-state index in [4.69, 9.17) is 0 Å². The van der Waals surface area contributed by atoms with Gasteiger partial charge in [0.1, 0.15) is 0 Å². The molecule has 1 heterocycles. The number of sulfonamides is 1. The molecule has 28 heavy (non-hydrogen) atoms. The Balaban J connectivity index is 1.88. The molecule has 0 aliphatic rings. The largest absolute Gasteiger partial charge is 0.276 e. The summed E-state index contributed by atoms with van der Waals surface area (Å²) >= 11 is 0. The molecule has 0 saturated heterocycles. The van der Waals surface area contributed by atoms with Crippen molar-refractivity contribution in [2.45, 2.75) is 53.0 Å². The zero-order valence-corrected chi connectivity index (χ0v) is 18.1. The SMILES string of the molecule is Cc1ccc(Cn2cc(NS(=O)(=O)c3c(C)c(C)c(C)c(C)c3C)cn2)cc1. The Bertz CT molecular complexity index is 1100. The Hall–Kier alpha value is -2.60. The number of nitrogens with zero attached hydrogens (tertiary/aromatic N) is 2. The van der Waals surface area contributed by atoms with Crippen molar-refractivity contribution >= 4 is 15.7 Å². The minimum absolute atomic E-state index is 0.361. The summed E-state index contributed by atoms with van der Waals surface area (Å²) in [7, 11) is -3.70. The summed E-state index contributed by atoms with van der Waals surface area (Å²) in [4.78, 5) is 0.361. The summed E-state index contributed by atoms with van der Waals surface area (Å²) in [6.07, 6.45) is 3.26. The maximum atomic E-state index is 13.1. The van der Waals surface area contributed by atoms with Crippen molar-refractivity contribution in [3.8, 4) is 0 Å². The fourth-order valence-corrected chi connectivity index (χ4v) is 5.09. The molecule has 148 valence electrons. The zero-order chi connectivity index (χ0) is 20.6. The first-order chi connectivity index (χ1) is 13.1. The molecule has 3 aromatic rings. The van der Waals surface area contributed by atoms with Crippen LogP contribution in [0.15, 0.2) is 41.6 Å². The lowest BCUT2D eigenvalue weighted by atomic mass is 9.95. The topological polar surface area (TPSA) is 64.0 Å². The van der Waals surface area contributed by atoms with E-state index in [9.17, 15) is 8.42 Å². The van der Waals surface area contributed by atoms with Gasteiger partial charge in [-0.25, -0.2) is 8.42 Å². The van der Waals surface area contributed by atoms with E-state index >= 15 is 0 Å². The summed E-state index contributed by atoms with van der Waals surface area (Å²) in [6.45, 7) is 12.3. The average molecular weight is 398 g/mol. The highest BCUT2D eigenvalue weighted by molar-refractivity contribution is 7.92. The Labute approximate surface area is 167 Å². The molecule has 0 aliphatic carbocycles. The molecule has 0 fully saturated rings. The lowest BCUT2D eigenvalue weighted by Crippen LogP contribution is -2.17. The molecular formula is C22H27N3O2S. The molecule has 0 saturated carbocycles. The molecule has 6 heteroatoms. The zero-order valence-electron chi connectivity index (χ0n) is 17.3. The first-order valence-electron chi connectivity index (χ1n) is 9.28. The summed E-state index contributed by atoms with van der Waals surface area (Å²) < 4.78 is 30.7. The minimum atomic E-state index is -3.70. The van der Waals surface area contributed by atoms with Gasteiger partial charge in [-0.05, 0) is 74.9 Å². The van der Waals surface area contributed by atoms with Crippen LogP contribution in [-0.4, -0.2) is 18.2 Å². The number of hydrogen-bond acceptors (Lipinski definition) is 3. The van der Waals surface area contributed by atoms with E-state index in [-0.39, 0.29) is 0 Å². The summed E-state index contributed by atoms with van der Waals surface area (Å²) in [5, 5.41) is 4.30. The van der Waals surface area contributed by atoms with Gasteiger partial charge in [0.05, 0.1) is 23.3 Å². The second-order valence-corrected chi connectivity index (χ2v) is 9.09. The Morgan fingerprint density at radius 2 is 1.39 bits per heavy atom. The lowest BCUT2D eigenvalue weighted by molar-refractivity contribution is 0.599. The number of rotatable bonds is 5. The van der Waals surface area contributed by atoms with E-state index in [1.807, 2.05) is 53.7 Å². The molecule has 0 unspecified atom stereocenters. The van der Waals surface area contributed by atoms with Crippen LogP contribution < -0.4 is 4.72 Å². The minimum Gasteiger partial charge on any atom is -0.276 e. The number of aryl methyl sites for hydroxylation is 1. The maximum absolute atomic E-state index is 13.1. The van der Waals surface area contributed by atoms with Gasteiger partial charge in [0, 0.05) is 6.20 Å². The van der Waals surface area contributed by atoms with E-state index in [1.165, 1.54) is 5.56 Å². The van der Waals surface area contributed by atoms with E-state index in [0.717, 1.165) is 33.4 Å². The number of benzene rings is 2. The van der Waals surface area contributed by atoms with Crippen LogP contribution in [-0.2, 0) is 16.6 Å². The van der Waals surface area contributed by atoms with Crippen molar-refractivity contribution in [3.63, 3.8) is 0 Å². The Morgan fingerprint density at radius 3 is 1.96 bits per heavy atom. The molecule has 1 N–H and O–H groups in total. The second kappa shape index (κ2) is 7.43. The van der Waals surface area contributed by atoms with Gasteiger partial charge in [-0.2, -0.15) is 5.10 Å². The van der Waals surface area contributed by atoms with Crippen LogP contribution in [0.4, 0.5) is 5.69 Å². The van der Waals surface area contributed by atoms with Crippen LogP contribution >= 0.6 is 0 Å². The van der Waals surface area contributed by atoms with Crippen LogP contribution in [0.2, 0.25) is 0 Å². The van der Waals surface area contributed by atoms with E-state index in [1.54, 1.807) is 17.1 Å². The number of hydrogen-bond donors (Lipinski definition) is 1. The van der Waals surface area contributed by atoms with Gasteiger partial charge in [0.25, 0.3) is 10.0 Å². The van der Waals surface area contributed by atoms with Gasteiger partial charge in [0.15, 0.2) is 0 Å². The van der Waals surface area contributed by atoms with Crippen molar-refractivity contribution in [2.24, 2.45) is 0 Å². The van der Waals surface area contributed by atoms with Crippen LogP contribution in [0.25, 0.3) is 0 Å². The van der Waals surface area contributed by atoms with Gasteiger partial charge in [0.2, 0.25) is 0 Å². The second-order valence-electron chi connectivity index (χ2n) is 7.47. The Kier molecular flexibility index (Phi) is 5.35. The first-order valence-corrected chi connectivity index (χ1v) is 10.8. The van der Waals surface area contributed by atoms with Gasteiger partial charge in [-0.3, -0.25) is 9.40 Å². The van der Waals surface area contributed by atoms with Crippen molar-refractivity contribution in [1.29, 1.82) is 0 Å². The third-order valence-electron chi connectivity index (χ3n) is 5.55. The predicted molar refractivity (Wildman–Crippen MR) is 113 cm³/mol. The summed E-state index contributed by atoms with van der Waals surface area (Å²) in [5.74, 6) is 0. The maximum Gasteiger partial charge on any atom is 0.262 e. The molecule has 0 bridgehead atoms. The van der Waals surface area contributed by atoms with Crippen LogP contribution in [0.3, 0.4) is 0 Å². The molecule has 3 rings (SSSR count). The fraction of sp³-hybridized carbons (Fsp3) is 0.318. The van der Waals surface area contributed by atoms with Crippen LogP contribution in [0, 0.1) is 41.5 Å². The normalized spacial score (nSPS) is 11.6. The molecule has 0 amide bonds. The molecule has 5 nitrogen and oxygen atoms in total. The summed E-state index contributed by atoms with van der Waals surface area (Å²) in [6, 6.07) is 8.20. The van der Waals surface area contributed by atoms with E-state index < -0.39 is 10.0 Å². The van der Waals surface area contributed by atoms with Crippen LogP contribution in [0.1, 0.15) is 38.9 Å². The first kappa shape index (κ1) is 20.1. The van der Waals surface area contributed by atoms with Crippen molar-refractivity contribution in [3.05, 3.63) is 75.6 Å². The molecular weight excluding hydrogens is 370 g/mol.